The highest BCUT2D eigenvalue weighted by atomic mass is 16.6. The van der Waals surface area contributed by atoms with Crippen molar-refractivity contribution < 1.29 is 14.8 Å². The molecular weight excluding hydrogens is 214 g/mol. The SMILES string of the molecule is CC(CNc1ccncc1[N+](=O)[O-])C(=O)O. The number of hydrogen-bond acceptors (Lipinski definition) is 5. The molecule has 1 heterocycles. The molecule has 1 atom stereocenters. The molecule has 0 radical (unpaired) electrons. The molecular formula is C9H11N3O4. The van der Waals surface area contributed by atoms with E-state index < -0.39 is 16.8 Å². The molecule has 1 rings (SSSR count). The van der Waals surface area contributed by atoms with Crippen LogP contribution in [0, 0.1) is 16.0 Å². The summed E-state index contributed by atoms with van der Waals surface area (Å²) in [6.07, 6.45) is 2.52. The molecule has 86 valence electrons. The van der Waals surface area contributed by atoms with E-state index >= 15 is 0 Å². The number of carboxylic acids is 1. The molecule has 0 amide bonds. The number of hydrogen-bond donors (Lipinski definition) is 2. The molecule has 0 aliphatic rings. The molecule has 16 heavy (non-hydrogen) atoms. The summed E-state index contributed by atoms with van der Waals surface area (Å²) in [5, 5.41) is 22.0. The van der Waals surface area contributed by atoms with E-state index in [4.69, 9.17) is 5.11 Å². The van der Waals surface area contributed by atoms with Crippen molar-refractivity contribution in [2.24, 2.45) is 5.92 Å². The quantitative estimate of drug-likeness (QED) is 0.574. The number of aliphatic carboxylic acids is 1. The molecule has 7 heteroatoms. The van der Waals surface area contributed by atoms with E-state index in [-0.39, 0.29) is 17.9 Å². The fraction of sp³-hybridized carbons (Fsp3) is 0.333. The summed E-state index contributed by atoms with van der Waals surface area (Å²) >= 11 is 0. The predicted octanol–water partition coefficient (Wildman–Crippen LogP) is 1.12. The number of anilines is 1. The molecule has 0 saturated carbocycles. The molecule has 0 bridgehead atoms. The Kier molecular flexibility index (Phi) is 3.76. The second kappa shape index (κ2) is 5.06. The van der Waals surface area contributed by atoms with Crippen molar-refractivity contribution in [1.29, 1.82) is 0 Å². The first-order chi connectivity index (χ1) is 7.52. The van der Waals surface area contributed by atoms with Crippen molar-refractivity contribution in [3.05, 3.63) is 28.6 Å². The average Bonchev–Trinajstić information content (AvgIpc) is 2.25. The Morgan fingerprint density at radius 2 is 2.44 bits per heavy atom. The van der Waals surface area contributed by atoms with Crippen LogP contribution in [0.3, 0.4) is 0 Å². The third-order valence-corrected chi connectivity index (χ3v) is 2.02. The minimum absolute atomic E-state index is 0.125. The van der Waals surface area contributed by atoms with Crippen LogP contribution < -0.4 is 5.32 Å². The van der Waals surface area contributed by atoms with Gasteiger partial charge in [-0.1, -0.05) is 6.92 Å². The standard InChI is InChI=1S/C9H11N3O4/c1-6(9(13)14)4-11-7-2-3-10-5-8(7)12(15)16/h2-3,5-6H,4H2,1H3,(H,10,11)(H,13,14). The van der Waals surface area contributed by atoms with Gasteiger partial charge in [-0.15, -0.1) is 0 Å². The lowest BCUT2D eigenvalue weighted by Crippen LogP contribution is -2.20. The van der Waals surface area contributed by atoms with Crippen LogP contribution in [0.15, 0.2) is 18.5 Å². The van der Waals surface area contributed by atoms with Crippen molar-refractivity contribution in [2.75, 3.05) is 11.9 Å². The summed E-state index contributed by atoms with van der Waals surface area (Å²) in [4.78, 5) is 24.2. The van der Waals surface area contributed by atoms with E-state index in [0.29, 0.717) is 0 Å². The van der Waals surface area contributed by atoms with Gasteiger partial charge in [-0.05, 0) is 6.07 Å². The van der Waals surface area contributed by atoms with Crippen LogP contribution in [0.4, 0.5) is 11.4 Å². The molecule has 0 aliphatic carbocycles. The summed E-state index contributed by atoms with van der Waals surface area (Å²) in [6.45, 7) is 1.64. The van der Waals surface area contributed by atoms with E-state index in [9.17, 15) is 14.9 Å². The molecule has 0 aliphatic heterocycles. The van der Waals surface area contributed by atoms with Gasteiger partial charge in [-0.3, -0.25) is 19.9 Å². The maximum Gasteiger partial charge on any atom is 0.310 e. The number of nitrogens with zero attached hydrogens (tertiary/aromatic N) is 2. The van der Waals surface area contributed by atoms with E-state index in [1.165, 1.54) is 19.2 Å². The lowest BCUT2D eigenvalue weighted by atomic mass is 10.2. The molecule has 7 nitrogen and oxygen atoms in total. The Labute approximate surface area is 91.3 Å². The van der Waals surface area contributed by atoms with Crippen molar-refractivity contribution in [3.63, 3.8) is 0 Å². The van der Waals surface area contributed by atoms with Crippen LogP contribution in [0.1, 0.15) is 6.92 Å². The van der Waals surface area contributed by atoms with Crippen molar-refractivity contribution >= 4 is 17.3 Å². The highest BCUT2D eigenvalue weighted by Crippen LogP contribution is 2.21. The maximum absolute atomic E-state index is 10.6. The van der Waals surface area contributed by atoms with Gasteiger partial charge in [0.2, 0.25) is 0 Å². The molecule has 0 fully saturated rings. The van der Waals surface area contributed by atoms with Crippen LogP contribution >= 0.6 is 0 Å². The van der Waals surface area contributed by atoms with Gasteiger partial charge in [0, 0.05) is 12.7 Å². The summed E-state index contributed by atoms with van der Waals surface area (Å²) in [7, 11) is 0. The molecule has 1 aromatic rings. The van der Waals surface area contributed by atoms with Gasteiger partial charge in [-0.25, -0.2) is 0 Å². The van der Waals surface area contributed by atoms with Gasteiger partial charge in [0.1, 0.15) is 11.9 Å². The number of aromatic nitrogens is 1. The fourth-order valence-electron chi connectivity index (χ4n) is 1.03. The molecule has 1 unspecified atom stereocenters. The zero-order valence-corrected chi connectivity index (χ0v) is 8.58. The Morgan fingerprint density at radius 3 is 3.00 bits per heavy atom. The summed E-state index contributed by atoms with van der Waals surface area (Å²) < 4.78 is 0. The summed E-state index contributed by atoms with van der Waals surface area (Å²) in [6, 6.07) is 1.44. The van der Waals surface area contributed by atoms with Gasteiger partial charge in [-0.2, -0.15) is 0 Å². The lowest BCUT2D eigenvalue weighted by Gasteiger charge is -2.09. The van der Waals surface area contributed by atoms with Crippen molar-refractivity contribution in [3.8, 4) is 0 Å². The highest BCUT2D eigenvalue weighted by Gasteiger charge is 2.15. The van der Waals surface area contributed by atoms with Crippen LogP contribution in [0.5, 0.6) is 0 Å². The van der Waals surface area contributed by atoms with Crippen LogP contribution in [-0.4, -0.2) is 27.5 Å². The highest BCUT2D eigenvalue weighted by molar-refractivity contribution is 5.70. The Balaban J connectivity index is 2.74. The molecule has 0 aromatic carbocycles. The van der Waals surface area contributed by atoms with E-state index in [0.717, 1.165) is 6.20 Å². The second-order valence-electron chi connectivity index (χ2n) is 3.27. The first kappa shape index (κ1) is 11.9. The second-order valence-corrected chi connectivity index (χ2v) is 3.27. The van der Waals surface area contributed by atoms with Crippen LogP contribution in [0.2, 0.25) is 0 Å². The van der Waals surface area contributed by atoms with Gasteiger partial charge in [0.25, 0.3) is 0 Å². The van der Waals surface area contributed by atoms with Gasteiger partial charge < -0.3 is 10.4 Å². The first-order valence-corrected chi connectivity index (χ1v) is 4.57. The molecule has 0 spiro atoms. The van der Waals surface area contributed by atoms with E-state index in [1.807, 2.05) is 0 Å². The number of carboxylic acid groups (broad SMARTS) is 1. The molecule has 0 saturated heterocycles. The first-order valence-electron chi connectivity index (χ1n) is 4.57. The topological polar surface area (TPSA) is 105 Å². The van der Waals surface area contributed by atoms with Crippen molar-refractivity contribution in [1.82, 2.24) is 4.98 Å². The summed E-state index contributed by atoms with van der Waals surface area (Å²) in [5.74, 6) is -1.57. The number of carbonyl (C=O) groups is 1. The van der Waals surface area contributed by atoms with Gasteiger partial charge >= 0.3 is 11.7 Å². The largest absolute Gasteiger partial charge is 0.481 e. The van der Waals surface area contributed by atoms with E-state index in [2.05, 4.69) is 10.3 Å². The van der Waals surface area contributed by atoms with E-state index in [1.54, 1.807) is 0 Å². The Bertz CT molecular complexity index is 407. The monoisotopic (exact) mass is 225 g/mol. The molecule has 2 N–H and O–H groups in total. The minimum atomic E-state index is -0.954. The Hall–Kier alpha value is -2.18. The summed E-state index contributed by atoms with van der Waals surface area (Å²) in [5.41, 5.74) is 0.105. The number of nitro groups is 1. The lowest BCUT2D eigenvalue weighted by molar-refractivity contribution is -0.384. The normalized spacial score (nSPS) is 11.8. The zero-order valence-electron chi connectivity index (χ0n) is 8.58. The third-order valence-electron chi connectivity index (χ3n) is 2.02. The number of rotatable bonds is 5. The van der Waals surface area contributed by atoms with Crippen LogP contribution in [-0.2, 0) is 4.79 Å². The average molecular weight is 225 g/mol. The van der Waals surface area contributed by atoms with Crippen LogP contribution in [0.25, 0.3) is 0 Å². The van der Waals surface area contributed by atoms with Gasteiger partial charge in [0.15, 0.2) is 0 Å². The third kappa shape index (κ3) is 2.91. The molecule has 1 aromatic heterocycles. The smallest absolute Gasteiger partial charge is 0.310 e. The predicted molar refractivity (Wildman–Crippen MR) is 56.2 cm³/mol. The van der Waals surface area contributed by atoms with Crippen molar-refractivity contribution in [2.45, 2.75) is 6.92 Å². The number of nitrogens with one attached hydrogen (secondary N) is 1. The zero-order chi connectivity index (χ0) is 12.1. The Morgan fingerprint density at radius 1 is 1.75 bits per heavy atom. The number of pyridine rings is 1. The van der Waals surface area contributed by atoms with Gasteiger partial charge in [0.05, 0.1) is 10.8 Å². The minimum Gasteiger partial charge on any atom is -0.481 e. The fourth-order valence-corrected chi connectivity index (χ4v) is 1.03. The maximum atomic E-state index is 10.6.